The van der Waals surface area contributed by atoms with Crippen molar-refractivity contribution in [3.63, 3.8) is 0 Å². The number of methoxy groups -OCH3 is 1. The lowest BCUT2D eigenvalue weighted by atomic mass is 9.80. The fourth-order valence-corrected chi connectivity index (χ4v) is 4.65. The number of rotatable bonds is 7. The second-order valence-corrected chi connectivity index (χ2v) is 8.52. The van der Waals surface area contributed by atoms with Crippen LogP contribution in [-0.4, -0.2) is 46.3 Å². The maximum absolute atomic E-state index is 12.7. The fourth-order valence-electron chi connectivity index (χ4n) is 3.48. The first-order valence-electron chi connectivity index (χ1n) is 8.73. The van der Waals surface area contributed by atoms with Gasteiger partial charge < -0.3 is 14.5 Å². The van der Waals surface area contributed by atoms with Gasteiger partial charge in [-0.05, 0) is 45.0 Å². The Morgan fingerprint density at radius 2 is 2.08 bits per heavy atom. The molecular weight excluding hydrogens is 358 g/mol. The molecule has 26 heavy (non-hydrogen) atoms. The Labute approximate surface area is 152 Å². The van der Waals surface area contributed by atoms with E-state index in [0.29, 0.717) is 25.2 Å². The molecule has 2 heterocycles. The van der Waals surface area contributed by atoms with Crippen LogP contribution in [0.25, 0.3) is 11.1 Å². The van der Waals surface area contributed by atoms with Gasteiger partial charge in [-0.3, -0.25) is 4.57 Å². The second kappa shape index (κ2) is 7.51. The maximum atomic E-state index is 12.7. The summed E-state index contributed by atoms with van der Waals surface area (Å²) in [6, 6.07) is 4.50. The van der Waals surface area contributed by atoms with Gasteiger partial charge in [-0.1, -0.05) is 0 Å². The molecule has 0 spiro atoms. The molecule has 2 N–H and O–H groups in total. The highest BCUT2D eigenvalue weighted by molar-refractivity contribution is 7.89. The third-order valence-corrected chi connectivity index (χ3v) is 6.42. The number of nitrogens with one attached hydrogen (secondary N) is 2. The average molecular weight is 383 g/mol. The molecule has 1 fully saturated rings. The number of ether oxygens (including phenoxy) is 1. The van der Waals surface area contributed by atoms with Gasteiger partial charge in [-0.25, -0.2) is 17.9 Å². The molecule has 0 aliphatic carbocycles. The number of benzene rings is 1. The van der Waals surface area contributed by atoms with E-state index in [9.17, 15) is 13.2 Å². The summed E-state index contributed by atoms with van der Waals surface area (Å²) in [5.74, 6) is -0.487. The molecule has 1 aromatic carbocycles. The third kappa shape index (κ3) is 3.71. The first kappa shape index (κ1) is 19.1. The number of hydrogen-bond donors (Lipinski definition) is 2. The van der Waals surface area contributed by atoms with Crippen molar-refractivity contribution in [3.05, 3.63) is 28.7 Å². The standard InChI is InChI=1S/C17H25N3O5S/c1-3-20-14-5-4-13(10-15(14)25-16(20)21)26(22,23)19-11-17(12-24-2)6-8-18-9-7-17/h4-5,10,18-19H,3,6-9,11-12H2,1-2H3. The molecule has 1 aliphatic rings. The maximum Gasteiger partial charge on any atom is 0.419 e. The predicted octanol–water partition coefficient (Wildman–Crippen LogP) is 0.909. The van der Waals surface area contributed by atoms with Crippen LogP contribution in [0, 0.1) is 5.41 Å². The van der Waals surface area contributed by atoms with E-state index < -0.39 is 15.8 Å². The summed E-state index contributed by atoms with van der Waals surface area (Å²) in [4.78, 5) is 11.9. The summed E-state index contributed by atoms with van der Waals surface area (Å²) >= 11 is 0. The molecule has 3 rings (SSSR count). The zero-order valence-corrected chi connectivity index (χ0v) is 15.9. The topological polar surface area (TPSA) is 103 Å². The minimum Gasteiger partial charge on any atom is -0.408 e. The van der Waals surface area contributed by atoms with Crippen LogP contribution in [-0.2, 0) is 21.3 Å². The highest BCUT2D eigenvalue weighted by atomic mass is 32.2. The zero-order valence-electron chi connectivity index (χ0n) is 15.1. The lowest BCUT2D eigenvalue weighted by molar-refractivity contribution is 0.0577. The normalized spacial score (nSPS) is 17.6. The monoisotopic (exact) mass is 383 g/mol. The Morgan fingerprint density at radius 3 is 2.73 bits per heavy atom. The van der Waals surface area contributed by atoms with Crippen molar-refractivity contribution in [1.82, 2.24) is 14.6 Å². The minimum atomic E-state index is -3.72. The number of aryl methyl sites for hydroxylation is 1. The largest absolute Gasteiger partial charge is 0.419 e. The Kier molecular flexibility index (Phi) is 5.52. The van der Waals surface area contributed by atoms with E-state index in [4.69, 9.17) is 9.15 Å². The van der Waals surface area contributed by atoms with Crippen molar-refractivity contribution >= 4 is 21.1 Å². The Morgan fingerprint density at radius 1 is 1.35 bits per heavy atom. The summed E-state index contributed by atoms with van der Waals surface area (Å²) in [5, 5.41) is 3.28. The summed E-state index contributed by atoms with van der Waals surface area (Å²) in [6.45, 7) is 4.79. The van der Waals surface area contributed by atoms with Crippen molar-refractivity contribution in [2.24, 2.45) is 5.41 Å². The SMILES string of the molecule is CCn1c(=O)oc2cc(S(=O)(=O)NCC3(COC)CCNCC3)ccc21. The van der Waals surface area contributed by atoms with Gasteiger partial charge in [-0.15, -0.1) is 0 Å². The average Bonchev–Trinajstić information content (AvgIpc) is 2.95. The van der Waals surface area contributed by atoms with Gasteiger partial charge in [0.15, 0.2) is 5.58 Å². The highest BCUT2D eigenvalue weighted by Crippen LogP contribution is 2.29. The lowest BCUT2D eigenvalue weighted by Crippen LogP contribution is -2.47. The minimum absolute atomic E-state index is 0.0866. The van der Waals surface area contributed by atoms with E-state index in [2.05, 4.69) is 10.0 Å². The van der Waals surface area contributed by atoms with E-state index >= 15 is 0 Å². The van der Waals surface area contributed by atoms with Gasteiger partial charge in [0.2, 0.25) is 10.0 Å². The van der Waals surface area contributed by atoms with Gasteiger partial charge >= 0.3 is 5.76 Å². The van der Waals surface area contributed by atoms with Crippen LogP contribution in [0.5, 0.6) is 0 Å². The van der Waals surface area contributed by atoms with Crippen molar-refractivity contribution in [1.29, 1.82) is 0 Å². The van der Waals surface area contributed by atoms with E-state index in [1.807, 2.05) is 6.92 Å². The summed E-state index contributed by atoms with van der Waals surface area (Å²) in [5.41, 5.74) is 0.647. The number of hydrogen-bond acceptors (Lipinski definition) is 6. The number of oxazole rings is 1. The van der Waals surface area contributed by atoms with Crippen LogP contribution >= 0.6 is 0 Å². The van der Waals surface area contributed by atoms with Crippen molar-refractivity contribution in [3.8, 4) is 0 Å². The summed E-state index contributed by atoms with van der Waals surface area (Å²) in [7, 11) is -2.08. The zero-order chi connectivity index (χ0) is 18.8. The van der Waals surface area contributed by atoms with Gasteiger partial charge in [0, 0.05) is 31.7 Å². The molecule has 0 radical (unpaired) electrons. The van der Waals surface area contributed by atoms with Crippen molar-refractivity contribution in [2.75, 3.05) is 33.4 Å². The number of piperidine rings is 1. The quantitative estimate of drug-likeness (QED) is 0.737. The molecule has 0 bridgehead atoms. The number of sulfonamides is 1. The lowest BCUT2D eigenvalue weighted by Gasteiger charge is -2.37. The van der Waals surface area contributed by atoms with Gasteiger partial charge in [0.25, 0.3) is 0 Å². The molecule has 8 nitrogen and oxygen atoms in total. The molecule has 0 atom stereocenters. The van der Waals surface area contributed by atoms with Crippen molar-refractivity contribution < 1.29 is 17.6 Å². The molecular formula is C17H25N3O5S. The highest BCUT2D eigenvalue weighted by Gasteiger charge is 2.33. The smallest absolute Gasteiger partial charge is 0.408 e. The van der Waals surface area contributed by atoms with Crippen LogP contribution in [0.1, 0.15) is 19.8 Å². The predicted molar refractivity (Wildman–Crippen MR) is 97.7 cm³/mol. The molecule has 0 saturated carbocycles. The number of nitrogens with zero attached hydrogens (tertiary/aromatic N) is 1. The molecule has 0 unspecified atom stereocenters. The van der Waals surface area contributed by atoms with Crippen LogP contribution in [0.4, 0.5) is 0 Å². The first-order chi connectivity index (χ1) is 12.4. The molecule has 2 aromatic rings. The number of aromatic nitrogens is 1. The van der Waals surface area contributed by atoms with E-state index in [-0.39, 0.29) is 15.9 Å². The van der Waals surface area contributed by atoms with Crippen LogP contribution in [0.2, 0.25) is 0 Å². The Balaban J connectivity index is 1.83. The van der Waals surface area contributed by atoms with Crippen LogP contribution in [0.3, 0.4) is 0 Å². The van der Waals surface area contributed by atoms with Gasteiger partial charge in [0.05, 0.1) is 17.0 Å². The molecule has 144 valence electrons. The molecule has 0 amide bonds. The molecule has 1 saturated heterocycles. The Bertz CT molecular complexity index is 920. The number of fused-ring (bicyclic) bond motifs is 1. The second-order valence-electron chi connectivity index (χ2n) is 6.75. The van der Waals surface area contributed by atoms with Crippen LogP contribution < -0.4 is 15.8 Å². The van der Waals surface area contributed by atoms with Gasteiger partial charge in [0.1, 0.15) is 0 Å². The molecule has 9 heteroatoms. The van der Waals surface area contributed by atoms with E-state index in [1.165, 1.54) is 16.7 Å². The molecule has 1 aromatic heterocycles. The first-order valence-corrected chi connectivity index (χ1v) is 10.2. The summed E-state index contributed by atoms with van der Waals surface area (Å²) < 4.78 is 40.1. The fraction of sp³-hybridized carbons (Fsp3) is 0.588. The van der Waals surface area contributed by atoms with Crippen molar-refractivity contribution in [2.45, 2.75) is 31.2 Å². The Hall–Kier alpha value is -1.68. The summed E-state index contributed by atoms with van der Waals surface area (Å²) in [6.07, 6.45) is 1.69. The van der Waals surface area contributed by atoms with E-state index in [0.717, 1.165) is 25.9 Å². The van der Waals surface area contributed by atoms with Gasteiger partial charge in [-0.2, -0.15) is 0 Å². The van der Waals surface area contributed by atoms with E-state index in [1.54, 1.807) is 13.2 Å². The van der Waals surface area contributed by atoms with Crippen LogP contribution in [0.15, 0.2) is 32.3 Å². The third-order valence-electron chi connectivity index (χ3n) is 5.02. The molecule has 1 aliphatic heterocycles.